The van der Waals surface area contributed by atoms with E-state index >= 15 is 0 Å². The fourth-order valence-corrected chi connectivity index (χ4v) is 1.87. The largest absolute Gasteiger partial charge is 0.386 e. The molecule has 0 bridgehead atoms. The average Bonchev–Trinajstić information content (AvgIpc) is 2.14. The highest BCUT2D eigenvalue weighted by Crippen LogP contribution is 2.36. The number of anilines is 1. The normalized spacial score (nSPS) is 23.9. The highest BCUT2D eigenvalue weighted by molar-refractivity contribution is 5.81. The Morgan fingerprint density at radius 2 is 2.00 bits per heavy atom. The minimum Gasteiger partial charge on any atom is -0.386 e. The molecule has 2 heteroatoms. The van der Waals surface area contributed by atoms with Crippen LogP contribution in [0.4, 0.5) is 5.69 Å². The third-order valence-electron chi connectivity index (χ3n) is 2.74. The molecule has 0 radical (unpaired) electrons. The summed E-state index contributed by atoms with van der Waals surface area (Å²) >= 11 is 0. The van der Waals surface area contributed by atoms with Gasteiger partial charge in [-0.1, -0.05) is 24.8 Å². The van der Waals surface area contributed by atoms with Gasteiger partial charge in [0.25, 0.3) is 0 Å². The second kappa shape index (κ2) is 2.85. The van der Waals surface area contributed by atoms with Crippen molar-refractivity contribution in [1.29, 1.82) is 0 Å². The summed E-state index contributed by atoms with van der Waals surface area (Å²) < 4.78 is 0. The third-order valence-corrected chi connectivity index (χ3v) is 2.74. The lowest BCUT2D eigenvalue weighted by molar-refractivity contribution is 0.166. The van der Waals surface area contributed by atoms with Gasteiger partial charge in [-0.25, -0.2) is 0 Å². The van der Waals surface area contributed by atoms with Crippen LogP contribution < -0.4 is 5.32 Å². The summed E-state index contributed by atoms with van der Waals surface area (Å²) in [5.74, 6) is 0. The maximum absolute atomic E-state index is 9.99. The molecule has 2 nitrogen and oxygen atoms in total. The molecule has 74 valence electrons. The Labute approximate surface area is 84.3 Å². The van der Waals surface area contributed by atoms with E-state index in [0.717, 1.165) is 16.8 Å². The lowest BCUT2D eigenvalue weighted by Crippen LogP contribution is -2.47. The average molecular weight is 189 g/mol. The summed E-state index contributed by atoms with van der Waals surface area (Å²) in [6, 6.07) is 7.92. The number of nitrogens with one attached hydrogen (secondary N) is 1. The zero-order chi connectivity index (χ0) is 10.3. The van der Waals surface area contributed by atoms with E-state index in [1.54, 1.807) is 0 Å². The Morgan fingerprint density at radius 3 is 2.71 bits per heavy atom. The molecule has 0 amide bonds. The molecule has 0 saturated carbocycles. The van der Waals surface area contributed by atoms with Crippen LogP contribution in [0.25, 0.3) is 5.57 Å². The maximum atomic E-state index is 9.99. The van der Waals surface area contributed by atoms with Gasteiger partial charge in [-0.3, -0.25) is 0 Å². The van der Waals surface area contributed by atoms with E-state index in [-0.39, 0.29) is 5.54 Å². The van der Waals surface area contributed by atoms with Gasteiger partial charge in [-0.05, 0) is 25.5 Å². The molecule has 1 unspecified atom stereocenters. The second-order valence-electron chi connectivity index (χ2n) is 4.32. The van der Waals surface area contributed by atoms with Crippen LogP contribution in [0.1, 0.15) is 19.4 Å². The predicted molar refractivity (Wildman–Crippen MR) is 59.2 cm³/mol. The zero-order valence-electron chi connectivity index (χ0n) is 8.54. The molecule has 0 fully saturated rings. The lowest BCUT2D eigenvalue weighted by Gasteiger charge is -2.39. The molecular weight excluding hydrogens is 174 g/mol. The Balaban J connectivity index is 2.54. The first-order chi connectivity index (χ1) is 6.52. The Bertz CT molecular complexity index is 382. The van der Waals surface area contributed by atoms with Crippen molar-refractivity contribution in [2.24, 2.45) is 0 Å². The van der Waals surface area contributed by atoms with Gasteiger partial charge in [0, 0.05) is 11.3 Å². The zero-order valence-corrected chi connectivity index (χ0v) is 8.54. The SMILES string of the molecule is C=C1c2ccccc2NC(C)(C)C1O. The molecule has 0 aliphatic carbocycles. The number of hydrogen-bond acceptors (Lipinski definition) is 2. The molecule has 2 rings (SSSR count). The number of fused-ring (bicyclic) bond motifs is 1. The van der Waals surface area contributed by atoms with E-state index in [9.17, 15) is 5.11 Å². The first-order valence-electron chi connectivity index (χ1n) is 4.77. The van der Waals surface area contributed by atoms with Crippen LogP contribution in [-0.2, 0) is 0 Å². The van der Waals surface area contributed by atoms with Crippen molar-refractivity contribution in [3.05, 3.63) is 36.4 Å². The van der Waals surface area contributed by atoms with E-state index in [1.807, 2.05) is 38.1 Å². The van der Waals surface area contributed by atoms with Crippen LogP contribution in [0, 0.1) is 0 Å². The van der Waals surface area contributed by atoms with Crippen LogP contribution >= 0.6 is 0 Å². The molecule has 0 spiro atoms. The Kier molecular flexibility index (Phi) is 1.89. The van der Waals surface area contributed by atoms with Crippen molar-refractivity contribution in [2.75, 3.05) is 5.32 Å². The van der Waals surface area contributed by atoms with Crippen LogP contribution in [0.3, 0.4) is 0 Å². The molecular formula is C12H15NO. The fourth-order valence-electron chi connectivity index (χ4n) is 1.87. The van der Waals surface area contributed by atoms with Crippen molar-refractivity contribution in [3.63, 3.8) is 0 Å². The number of benzene rings is 1. The first-order valence-corrected chi connectivity index (χ1v) is 4.77. The van der Waals surface area contributed by atoms with Gasteiger partial charge in [0.1, 0.15) is 6.10 Å². The standard InChI is InChI=1S/C12H15NO/c1-8-9-6-4-5-7-10(9)13-12(2,3)11(8)14/h4-7,11,13-14H,1H2,2-3H3. The van der Waals surface area contributed by atoms with E-state index in [2.05, 4.69) is 11.9 Å². The van der Waals surface area contributed by atoms with E-state index in [1.165, 1.54) is 0 Å². The van der Waals surface area contributed by atoms with Crippen molar-refractivity contribution in [3.8, 4) is 0 Å². The van der Waals surface area contributed by atoms with Gasteiger partial charge in [-0.15, -0.1) is 0 Å². The summed E-state index contributed by atoms with van der Waals surface area (Å²) in [6.07, 6.45) is -0.530. The molecule has 1 aromatic carbocycles. The maximum Gasteiger partial charge on any atom is 0.101 e. The van der Waals surface area contributed by atoms with Gasteiger partial charge in [0.15, 0.2) is 0 Å². The van der Waals surface area contributed by atoms with E-state index in [4.69, 9.17) is 0 Å². The minimum absolute atomic E-state index is 0.342. The second-order valence-corrected chi connectivity index (χ2v) is 4.32. The van der Waals surface area contributed by atoms with Crippen molar-refractivity contribution in [1.82, 2.24) is 0 Å². The Hall–Kier alpha value is -1.28. The van der Waals surface area contributed by atoms with Crippen LogP contribution in [0.5, 0.6) is 0 Å². The monoisotopic (exact) mass is 189 g/mol. The summed E-state index contributed by atoms with van der Waals surface area (Å²) in [6.45, 7) is 7.88. The molecule has 1 atom stereocenters. The van der Waals surface area contributed by atoms with Crippen LogP contribution in [0.15, 0.2) is 30.8 Å². The number of aliphatic hydroxyl groups is 1. The van der Waals surface area contributed by atoms with Gasteiger partial charge in [0.05, 0.1) is 5.54 Å². The minimum atomic E-state index is -0.530. The fraction of sp³-hybridized carbons (Fsp3) is 0.333. The number of aliphatic hydroxyl groups excluding tert-OH is 1. The summed E-state index contributed by atoms with van der Waals surface area (Å²) in [5, 5.41) is 13.3. The van der Waals surface area contributed by atoms with Crippen molar-refractivity contribution >= 4 is 11.3 Å². The summed E-state index contributed by atoms with van der Waals surface area (Å²) in [5.41, 5.74) is 2.52. The summed E-state index contributed by atoms with van der Waals surface area (Å²) in [4.78, 5) is 0. The summed E-state index contributed by atoms with van der Waals surface area (Å²) in [7, 11) is 0. The van der Waals surface area contributed by atoms with Gasteiger partial charge >= 0.3 is 0 Å². The number of hydrogen-bond donors (Lipinski definition) is 2. The smallest absolute Gasteiger partial charge is 0.101 e. The molecule has 1 aliphatic rings. The highest BCUT2D eigenvalue weighted by Gasteiger charge is 2.35. The lowest BCUT2D eigenvalue weighted by atomic mass is 9.83. The first kappa shape index (κ1) is 9.28. The molecule has 1 aromatic rings. The third kappa shape index (κ3) is 1.23. The van der Waals surface area contributed by atoms with Crippen LogP contribution in [-0.4, -0.2) is 16.7 Å². The number of rotatable bonds is 0. The molecule has 14 heavy (non-hydrogen) atoms. The van der Waals surface area contributed by atoms with Gasteiger partial charge in [-0.2, -0.15) is 0 Å². The quantitative estimate of drug-likeness (QED) is 0.656. The molecule has 2 N–H and O–H groups in total. The predicted octanol–water partition coefficient (Wildman–Crippen LogP) is 2.26. The Morgan fingerprint density at radius 1 is 1.36 bits per heavy atom. The van der Waals surface area contributed by atoms with E-state index < -0.39 is 6.10 Å². The molecule has 1 aliphatic heterocycles. The van der Waals surface area contributed by atoms with Crippen molar-refractivity contribution in [2.45, 2.75) is 25.5 Å². The van der Waals surface area contributed by atoms with E-state index in [0.29, 0.717) is 0 Å². The van der Waals surface area contributed by atoms with Gasteiger partial charge < -0.3 is 10.4 Å². The molecule has 1 heterocycles. The number of para-hydroxylation sites is 1. The van der Waals surface area contributed by atoms with Crippen molar-refractivity contribution < 1.29 is 5.11 Å². The molecule has 0 saturated heterocycles. The van der Waals surface area contributed by atoms with Crippen LogP contribution in [0.2, 0.25) is 0 Å². The molecule has 0 aromatic heterocycles. The van der Waals surface area contributed by atoms with Gasteiger partial charge in [0.2, 0.25) is 0 Å². The highest BCUT2D eigenvalue weighted by atomic mass is 16.3. The topological polar surface area (TPSA) is 32.3 Å².